The predicted molar refractivity (Wildman–Crippen MR) is 127 cm³/mol. The molecule has 2 aromatic rings. The number of halogens is 1. The van der Waals surface area contributed by atoms with Crippen LogP contribution in [0.3, 0.4) is 0 Å². The molecule has 1 saturated heterocycles. The summed E-state index contributed by atoms with van der Waals surface area (Å²) in [7, 11) is 5.01. The van der Waals surface area contributed by atoms with Gasteiger partial charge in [0, 0.05) is 24.1 Å². The molecule has 2 aromatic carbocycles. The van der Waals surface area contributed by atoms with Gasteiger partial charge in [-0.05, 0) is 59.7 Å². The fourth-order valence-corrected chi connectivity index (χ4v) is 4.22. The Balaban J connectivity index is 1.93. The molecule has 156 valence electrons. The summed E-state index contributed by atoms with van der Waals surface area (Å²) in [6.45, 7) is 4.28. The number of methoxy groups -OCH3 is 1. The number of benzene rings is 2. The summed E-state index contributed by atoms with van der Waals surface area (Å²) in [5.41, 5.74) is 2.86. The minimum absolute atomic E-state index is 0.0691. The smallest absolute Gasteiger partial charge is 0.266 e. The van der Waals surface area contributed by atoms with Crippen molar-refractivity contribution >= 4 is 44.8 Å². The predicted octanol–water partition coefficient (Wildman–Crippen LogP) is 5.30. The number of carbonyl (C=O) groups excluding carboxylic acids is 1. The van der Waals surface area contributed by atoms with Gasteiger partial charge in [-0.3, -0.25) is 14.7 Å². The number of thioether (sulfide) groups is 1. The van der Waals surface area contributed by atoms with Gasteiger partial charge in [-0.2, -0.15) is 0 Å². The highest BCUT2D eigenvalue weighted by atomic mass is 79.9. The maximum Gasteiger partial charge on any atom is 0.266 e. The molecular weight excluding hydrogens is 464 g/mol. The largest absolute Gasteiger partial charge is 0.493 e. The van der Waals surface area contributed by atoms with Gasteiger partial charge in [-0.15, -0.1) is 6.58 Å². The Morgan fingerprint density at radius 1 is 1.27 bits per heavy atom. The van der Waals surface area contributed by atoms with Crippen molar-refractivity contribution in [3.05, 3.63) is 75.1 Å². The first-order chi connectivity index (χ1) is 14.5. The van der Waals surface area contributed by atoms with Crippen molar-refractivity contribution in [1.82, 2.24) is 4.90 Å². The van der Waals surface area contributed by atoms with E-state index in [4.69, 9.17) is 9.47 Å². The zero-order chi connectivity index (χ0) is 21.7. The second-order valence-corrected chi connectivity index (χ2v) is 8.53. The van der Waals surface area contributed by atoms with E-state index >= 15 is 0 Å². The molecule has 0 radical (unpaired) electrons. The molecule has 0 unspecified atom stereocenters. The lowest BCUT2D eigenvalue weighted by Crippen LogP contribution is -2.23. The fraction of sp³-hybridized carbons (Fsp3) is 0.217. The van der Waals surface area contributed by atoms with E-state index in [0.717, 1.165) is 21.2 Å². The van der Waals surface area contributed by atoms with Crippen molar-refractivity contribution in [2.75, 3.05) is 21.2 Å². The van der Waals surface area contributed by atoms with Crippen LogP contribution < -0.4 is 9.47 Å². The number of hydrogen-bond acceptors (Lipinski definition) is 5. The van der Waals surface area contributed by atoms with Crippen molar-refractivity contribution in [2.24, 2.45) is 4.99 Å². The normalized spacial score (nSPS) is 16.4. The van der Waals surface area contributed by atoms with Crippen molar-refractivity contribution in [3.8, 4) is 11.5 Å². The molecule has 0 aliphatic carbocycles. The van der Waals surface area contributed by atoms with Crippen LogP contribution in [-0.2, 0) is 17.8 Å². The van der Waals surface area contributed by atoms with Gasteiger partial charge in [0.1, 0.15) is 6.61 Å². The highest BCUT2D eigenvalue weighted by Crippen LogP contribution is 2.37. The van der Waals surface area contributed by atoms with E-state index < -0.39 is 0 Å². The molecule has 1 aliphatic heterocycles. The molecule has 0 spiro atoms. The molecule has 0 bridgehead atoms. The van der Waals surface area contributed by atoms with Crippen molar-refractivity contribution in [1.29, 1.82) is 0 Å². The van der Waals surface area contributed by atoms with Crippen molar-refractivity contribution in [3.63, 3.8) is 0 Å². The lowest BCUT2D eigenvalue weighted by molar-refractivity contribution is -0.121. The number of nitrogens with zero attached hydrogens (tertiary/aromatic N) is 2. The maximum atomic E-state index is 12.5. The number of carbonyl (C=O) groups is 1. The number of ether oxygens (including phenoxy) is 2. The minimum atomic E-state index is -0.0691. The first kappa shape index (κ1) is 22.2. The Kier molecular flexibility index (Phi) is 7.39. The fourth-order valence-electron chi connectivity index (χ4n) is 3.03. The van der Waals surface area contributed by atoms with E-state index in [1.54, 1.807) is 26.1 Å². The Morgan fingerprint density at radius 2 is 2.00 bits per heavy atom. The number of rotatable bonds is 7. The van der Waals surface area contributed by atoms with Crippen LogP contribution in [0.25, 0.3) is 6.08 Å². The van der Waals surface area contributed by atoms with Gasteiger partial charge in [0.2, 0.25) is 0 Å². The van der Waals surface area contributed by atoms with Gasteiger partial charge < -0.3 is 9.47 Å². The molecule has 1 amide bonds. The lowest BCUT2D eigenvalue weighted by Gasteiger charge is -2.16. The van der Waals surface area contributed by atoms with Gasteiger partial charge in [-0.25, -0.2) is 0 Å². The van der Waals surface area contributed by atoms with Crippen LogP contribution >= 0.6 is 27.7 Å². The summed E-state index contributed by atoms with van der Waals surface area (Å²) in [6, 6.07) is 11.9. The van der Waals surface area contributed by atoms with Crippen molar-refractivity contribution < 1.29 is 14.3 Å². The summed E-state index contributed by atoms with van der Waals surface area (Å²) in [5.74, 6) is 1.23. The number of allylic oxidation sites excluding steroid dienone is 1. The highest BCUT2D eigenvalue weighted by molar-refractivity contribution is 9.10. The minimum Gasteiger partial charge on any atom is -0.493 e. The third-order valence-corrected chi connectivity index (χ3v) is 6.21. The zero-order valence-electron chi connectivity index (χ0n) is 17.1. The Hall–Kier alpha value is -2.51. The molecule has 30 heavy (non-hydrogen) atoms. The van der Waals surface area contributed by atoms with E-state index in [1.165, 1.54) is 11.8 Å². The summed E-state index contributed by atoms with van der Waals surface area (Å²) in [6.07, 6.45) is 4.30. The van der Waals surface area contributed by atoms with E-state index in [0.29, 0.717) is 34.6 Å². The van der Waals surface area contributed by atoms with Crippen LogP contribution in [0.5, 0.6) is 11.5 Å². The van der Waals surface area contributed by atoms with Gasteiger partial charge in [-0.1, -0.05) is 34.1 Å². The Morgan fingerprint density at radius 3 is 2.60 bits per heavy atom. The summed E-state index contributed by atoms with van der Waals surface area (Å²) in [5, 5.41) is 0.680. The third kappa shape index (κ3) is 4.96. The molecule has 3 rings (SSSR count). The highest BCUT2D eigenvalue weighted by Gasteiger charge is 2.29. The number of aliphatic imine (C=N–C) groups is 1. The molecule has 0 N–H and O–H groups in total. The number of amides is 1. The molecule has 0 atom stereocenters. The number of likely N-dealkylation sites (N-methyl/N-ethyl adjacent to an activating group) is 1. The molecule has 7 heteroatoms. The molecule has 0 aromatic heterocycles. The van der Waals surface area contributed by atoms with Gasteiger partial charge in [0.05, 0.1) is 12.0 Å². The number of amidine groups is 1. The SMILES string of the molecule is C=CCc1cc(/C=C2/SC(=NC)N(C)C2=O)cc(OC)c1OCc1ccc(Br)cc1. The van der Waals surface area contributed by atoms with Crippen LogP contribution in [0.2, 0.25) is 0 Å². The molecule has 1 aliphatic rings. The second kappa shape index (κ2) is 10.00. The molecule has 5 nitrogen and oxygen atoms in total. The standard InChI is InChI=1S/C23H23BrN2O3S/c1-5-6-17-11-16(13-20-22(27)26(3)23(25-2)30-20)12-19(28-4)21(17)29-14-15-7-9-18(24)10-8-15/h5,7-13H,1,6,14H2,2-4H3/b20-13+,25-23?. The van der Waals surface area contributed by atoms with Crippen molar-refractivity contribution in [2.45, 2.75) is 13.0 Å². The van der Waals surface area contributed by atoms with Gasteiger partial charge in [0.25, 0.3) is 5.91 Å². The van der Waals surface area contributed by atoms with E-state index in [2.05, 4.69) is 27.5 Å². The third-order valence-electron chi connectivity index (χ3n) is 4.53. The molecule has 0 saturated carbocycles. The Bertz CT molecular complexity index is 1020. The Labute approximate surface area is 189 Å². The van der Waals surface area contributed by atoms with E-state index in [-0.39, 0.29) is 5.91 Å². The van der Waals surface area contributed by atoms with Crippen LogP contribution in [-0.4, -0.2) is 37.2 Å². The van der Waals surface area contributed by atoms with Crippen LogP contribution in [0.15, 0.2) is 63.4 Å². The van der Waals surface area contributed by atoms with Crippen LogP contribution in [0.1, 0.15) is 16.7 Å². The molecule has 1 fully saturated rings. The zero-order valence-corrected chi connectivity index (χ0v) is 19.5. The number of hydrogen-bond donors (Lipinski definition) is 0. The average Bonchev–Trinajstić information content (AvgIpc) is 3.02. The van der Waals surface area contributed by atoms with E-state index in [1.807, 2.05) is 48.6 Å². The molecule has 1 heterocycles. The molecular formula is C23H23BrN2O3S. The van der Waals surface area contributed by atoms with Crippen LogP contribution in [0, 0.1) is 0 Å². The lowest BCUT2D eigenvalue weighted by atomic mass is 10.0. The topological polar surface area (TPSA) is 51.1 Å². The first-order valence-electron chi connectivity index (χ1n) is 9.30. The summed E-state index contributed by atoms with van der Waals surface area (Å²) < 4.78 is 12.8. The monoisotopic (exact) mass is 486 g/mol. The van der Waals surface area contributed by atoms with Gasteiger partial charge in [0.15, 0.2) is 16.7 Å². The maximum absolute atomic E-state index is 12.5. The summed E-state index contributed by atoms with van der Waals surface area (Å²) in [4.78, 5) is 18.8. The quantitative estimate of drug-likeness (QED) is 0.393. The second-order valence-electron chi connectivity index (χ2n) is 6.60. The van der Waals surface area contributed by atoms with E-state index in [9.17, 15) is 4.79 Å². The first-order valence-corrected chi connectivity index (χ1v) is 10.9. The van der Waals surface area contributed by atoms with Gasteiger partial charge >= 0.3 is 0 Å². The summed E-state index contributed by atoms with van der Waals surface area (Å²) >= 11 is 4.80. The average molecular weight is 487 g/mol. The van der Waals surface area contributed by atoms with Crippen LogP contribution in [0.4, 0.5) is 0 Å².